The minimum Gasteiger partial charge on any atom is -0.463 e. The molecule has 0 amide bonds. The van der Waals surface area contributed by atoms with Gasteiger partial charge in [0.15, 0.2) is 24.6 Å². The van der Waals surface area contributed by atoms with Crippen molar-refractivity contribution in [3.63, 3.8) is 0 Å². The first kappa shape index (κ1) is 29.0. The Morgan fingerprint density at radius 1 is 0.697 bits per heavy atom. The molecule has 0 aromatic heterocycles. The van der Waals surface area contributed by atoms with Crippen LogP contribution in [-0.4, -0.2) is 100 Å². The molecule has 0 unspecified atom stereocenters. The Labute approximate surface area is 197 Å². The molecule has 0 bridgehead atoms. The first-order valence-electron chi connectivity index (χ1n) is 10.3. The van der Waals surface area contributed by atoms with Crippen LogP contribution >= 0.6 is 11.6 Å². The molecule has 0 spiro atoms. The molecule has 1 aliphatic heterocycles. The first-order valence-corrected chi connectivity index (χ1v) is 10.8. The number of ether oxygens (including phenoxy) is 8. The molecular formula is C20H31ClO12. The van der Waals surface area contributed by atoms with Crippen molar-refractivity contribution < 1.29 is 57.1 Å². The maximum atomic E-state index is 11.8. The molecule has 0 saturated carbocycles. The van der Waals surface area contributed by atoms with Gasteiger partial charge < -0.3 is 37.9 Å². The van der Waals surface area contributed by atoms with E-state index in [-0.39, 0.29) is 19.8 Å². The molecule has 13 heteroatoms. The van der Waals surface area contributed by atoms with E-state index in [1.807, 2.05) is 0 Å². The molecular weight excluding hydrogens is 468 g/mol. The quantitative estimate of drug-likeness (QED) is 0.141. The highest BCUT2D eigenvalue weighted by Crippen LogP contribution is 2.29. The maximum Gasteiger partial charge on any atom is 0.303 e. The number of hydrogen-bond donors (Lipinski definition) is 0. The van der Waals surface area contributed by atoms with Crippen molar-refractivity contribution in [3.05, 3.63) is 0 Å². The van der Waals surface area contributed by atoms with Gasteiger partial charge in [0.2, 0.25) is 0 Å². The zero-order valence-corrected chi connectivity index (χ0v) is 19.9. The van der Waals surface area contributed by atoms with Crippen LogP contribution in [-0.2, 0) is 57.1 Å². The highest BCUT2D eigenvalue weighted by atomic mass is 35.5. The number of hydrogen-bond acceptors (Lipinski definition) is 12. The van der Waals surface area contributed by atoms with Gasteiger partial charge >= 0.3 is 23.9 Å². The van der Waals surface area contributed by atoms with Crippen molar-refractivity contribution in [2.45, 2.75) is 58.4 Å². The molecule has 12 nitrogen and oxygen atoms in total. The largest absolute Gasteiger partial charge is 0.463 e. The van der Waals surface area contributed by atoms with E-state index in [0.29, 0.717) is 25.7 Å². The van der Waals surface area contributed by atoms with Gasteiger partial charge in [0, 0.05) is 33.6 Å². The highest BCUT2D eigenvalue weighted by Gasteiger charge is 2.52. The predicted molar refractivity (Wildman–Crippen MR) is 110 cm³/mol. The number of halogens is 1. The lowest BCUT2D eigenvalue weighted by Gasteiger charge is -2.44. The van der Waals surface area contributed by atoms with Crippen LogP contribution in [0, 0.1) is 0 Å². The van der Waals surface area contributed by atoms with Gasteiger partial charge in [-0.25, -0.2) is 0 Å². The number of alkyl halides is 1. The molecule has 5 atom stereocenters. The van der Waals surface area contributed by atoms with E-state index in [2.05, 4.69) is 0 Å². The van der Waals surface area contributed by atoms with E-state index in [1.165, 1.54) is 6.92 Å². The Hall–Kier alpha value is -1.99. The summed E-state index contributed by atoms with van der Waals surface area (Å²) in [5, 5.41) is 0. The number of carbonyl (C=O) groups is 4. The summed E-state index contributed by atoms with van der Waals surface area (Å²) in [6.07, 6.45) is -6.08. The molecule has 0 aliphatic carbocycles. The SMILES string of the molecule is CC(=O)OC[C@H]1O[C@@H](OCCOCCOCCCl)[C@H](OC(C)=O)[C@@H](OC(C)=O)[C@H]1OC(C)=O. The van der Waals surface area contributed by atoms with Gasteiger partial charge in [0.25, 0.3) is 0 Å². The Bertz CT molecular complexity index is 643. The highest BCUT2D eigenvalue weighted by molar-refractivity contribution is 6.17. The Balaban J connectivity index is 2.95. The summed E-state index contributed by atoms with van der Waals surface area (Å²) in [4.78, 5) is 46.4. The number of esters is 4. The molecule has 1 aliphatic rings. The van der Waals surface area contributed by atoms with E-state index in [1.54, 1.807) is 0 Å². The predicted octanol–water partition coefficient (Wildman–Crippen LogP) is 0.358. The molecule has 1 fully saturated rings. The third-order valence-electron chi connectivity index (χ3n) is 4.05. The van der Waals surface area contributed by atoms with Crippen molar-refractivity contribution >= 4 is 35.5 Å². The Kier molecular flexibility index (Phi) is 13.9. The van der Waals surface area contributed by atoms with Gasteiger partial charge in [-0.2, -0.15) is 0 Å². The second-order valence-electron chi connectivity index (χ2n) is 6.85. The van der Waals surface area contributed by atoms with Crippen LogP contribution in [0.25, 0.3) is 0 Å². The minimum atomic E-state index is -1.28. The summed E-state index contributed by atoms with van der Waals surface area (Å²) in [6, 6.07) is 0. The third-order valence-corrected chi connectivity index (χ3v) is 4.21. The monoisotopic (exact) mass is 498 g/mol. The molecule has 0 N–H and O–H groups in total. The number of rotatable bonds is 14. The molecule has 0 radical (unpaired) electrons. The lowest BCUT2D eigenvalue weighted by Crippen LogP contribution is -2.63. The van der Waals surface area contributed by atoms with Gasteiger partial charge in [-0.3, -0.25) is 19.2 Å². The van der Waals surface area contributed by atoms with E-state index >= 15 is 0 Å². The van der Waals surface area contributed by atoms with Crippen molar-refractivity contribution in [3.8, 4) is 0 Å². The Morgan fingerprint density at radius 3 is 1.76 bits per heavy atom. The molecule has 190 valence electrons. The lowest BCUT2D eigenvalue weighted by atomic mass is 9.98. The van der Waals surface area contributed by atoms with Crippen LogP contribution in [0.15, 0.2) is 0 Å². The van der Waals surface area contributed by atoms with Crippen molar-refractivity contribution in [2.75, 3.05) is 45.5 Å². The normalized spacial score (nSPS) is 24.6. The summed E-state index contributed by atoms with van der Waals surface area (Å²) in [7, 11) is 0. The maximum absolute atomic E-state index is 11.8. The van der Waals surface area contributed by atoms with Crippen LogP contribution < -0.4 is 0 Å². The van der Waals surface area contributed by atoms with Crippen LogP contribution in [0.4, 0.5) is 0 Å². The molecule has 33 heavy (non-hydrogen) atoms. The fourth-order valence-electron chi connectivity index (χ4n) is 2.92. The standard InChI is InChI=1S/C20H31ClO12/c1-12(22)29-11-16-17(30-13(2)23)18(31-14(3)24)19(32-15(4)25)20(33-16)28-10-9-27-8-7-26-6-5-21/h16-20H,5-11H2,1-4H3/t16-,17+,18+,19-,20-/m1/s1. The second-order valence-corrected chi connectivity index (χ2v) is 7.23. The molecule has 1 heterocycles. The second kappa shape index (κ2) is 15.8. The zero-order valence-electron chi connectivity index (χ0n) is 19.1. The van der Waals surface area contributed by atoms with Gasteiger partial charge in [0.05, 0.1) is 33.0 Å². The third kappa shape index (κ3) is 11.6. The zero-order chi connectivity index (χ0) is 24.8. The van der Waals surface area contributed by atoms with Crippen molar-refractivity contribution in [1.29, 1.82) is 0 Å². The summed E-state index contributed by atoms with van der Waals surface area (Å²) in [5.41, 5.74) is 0. The fourth-order valence-corrected chi connectivity index (χ4v) is 3.03. The summed E-state index contributed by atoms with van der Waals surface area (Å²) in [6.45, 7) is 5.53. The van der Waals surface area contributed by atoms with Gasteiger partial charge in [-0.1, -0.05) is 0 Å². The molecule has 1 rings (SSSR count). The van der Waals surface area contributed by atoms with Crippen molar-refractivity contribution in [1.82, 2.24) is 0 Å². The molecule has 0 aromatic rings. The average Bonchev–Trinajstić information content (AvgIpc) is 2.71. The summed E-state index contributed by atoms with van der Waals surface area (Å²) in [5.74, 6) is -2.36. The van der Waals surface area contributed by atoms with E-state index < -0.39 is 54.6 Å². The van der Waals surface area contributed by atoms with Gasteiger partial charge in [0.1, 0.15) is 12.7 Å². The number of carbonyl (C=O) groups excluding carboxylic acids is 4. The van der Waals surface area contributed by atoms with Crippen LogP contribution in [0.2, 0.25) is 0 Å². The summed E-state index contributed by atoms with van der Waals surface area (Å²) < 4.78 is 42.9. The minimum absolute atomic E-state index is 0.0171. The van der Waals surface area contributed by atoms with Crippen LogP contribution in [0.5, 0.6) is 0 Å². The fraction of sp³-hybridized carbons (Fsp3) is 0.800. The first-order chi connectivity index (χ1) is 15.6. The molecule has 0 aromatic carbocycles. The van der Waals surface area contributed by atoms with Gasteiger partial charge in [-0.15, -0.1) is 11.6 Å². The summed E-state index contributed by atoms with van der Waals surface area (Å²) >= 11 is 5.51. The van der Waals surface area contributed by atoms with E-state index in [9.17, 15) is 19.2 Å². The topological polar surface area (TPSA) is 142 Å². The average molecular weight is 499 g/mol. The van der Waals surface area contributed by atoms with Crippen LogP contribution in [0.1, 0.15) is 27.7 Å². The van der Waals surface area contributed by atoms with E-state index in [0.717, 1.165) is 20.8 Å². The Morgan fingerprint density at radius 2 is 1.21 bits per heavy atom. The molecule has 1 saturated heterocycles. The smallest absolute Gasteiger partial charge is 0.303 e. The lowest BCUT2D eigenvalue weighted by molar-refractivity contribution is -0.309. The van der Waals surface area contributed by atoms with Gasteiger partial charge in [-0.05, 0) is 0 Å². The van der Waals surface area contributed by atoms with E-state index in [4.69, 9.17) is 49.5 Å². The van der Waals surface area contributed by atoms with Crippen molar-refractivity contribution in [2.24, 2.45) is 0 Å². The van der Waals surface area contributed by atoms with Crippen LogP contribution in [0.3, 0.4) is 0 Å².